The van der Waals surface area contributed by atoms with Gasteiger partial charge in [0.15, 0.2) is 0 Å². The fraction of sp³-hybridized carbons (Fsp3) is 0.300. The minimum Gasteiger partial charge on any atom is -0.385 e. The number of halogens is 3. The van der Waals surface area contributed by atoms with E-state index in [9.17, 15) is 23.7 Å². The van der Waals surface area contributed by atoms with Crippen LogP contribution in [0, 0.1) is 10.1 Å². The Morgan fingerprint density at radius 3 is 2.68 bits per heavy atom. The van der Waals surface area contributed by atoms with Crippen molar-refractivity contribution in [1.29, 1.82) is 0 Å². The predicted octanol–water partition coefficient (Wildman–Crippen LogP) is 1.71. The molecular formula is C10H9BrF2N2O4. The average Bonchev–Trinajstić information content (AvgIpc) is 2.35. The van der Waals surface area contributed by atoms with Crippen LogP contribution in [0.25, 0.3) is 0 Å². The molecule has 0 heterocycles. The standard InChI is InChI=1S/C10H9BrF2N2O4/c11-7-2-1-5(15(18)19)3-6(7)10(17)14-4-8(16)9(12)13/h1-3,8-9,16H,4H2,(H,14,17). The van der Waals surface area contributed by atoms with E-state index >= 15 is 0 Å². The van der Waals surface area contributed by atoms with Gasteiger partial charge >= 0.3 is 0 Å². The lowest BCUT2D eigenvalue weighted by Crippen LogP contribution is -2.36. The molecule has 0 aliphatic heterocycles. The van der Waals surface area contributed by atoms with Gasteiger partial charge in [-0.25, -0.2) is 8.78 Å². The Labute approximate surface area is 114 Å². The van der Waals surface area contributed by atoms with E-state index < -0.39 is 29.9 Å². The Bertz CT molecular complexity index is 498. The number of nitro benzene ring substituents is 1. The highest BCUT2D eigenvalue weighted by Crippen LogP contribution is 2.22. The summed E-state index contributed by atoms with van der Waals surface area (Å²) in [7, 11) is 0. The van der Waals surface area contributed by atoms with Crippen LogP contribution < -0.4 is 5.32 Å². The molecule has 1 aromatic carbocycles. The lowest BCUT2D eigenvalue weighted by Gasteiger charge is -2.11. The molecule has 0 saturated carbocycles. The van der Waals surface area contributed by atoms with Crippen molar-refractivity contribution in [3.63, 3.8) is 0 Å². The summed E-state index contributed by atoms with van der Waals surface area (Å²) in [5, 5.41) is 21.5. The van der Waals surface area contributed by atoms with Gasteiger partial charge in [0.05, 0.1) is 10.5 Å². The van der Waals surface area contributed by atoms with Gasteiger partial charge in [-0.2, -0.15) is 0 Å². The number of nitrogens with one attached hydrogen (secondary N) is 1. The quantitative estimate of drug-likeness (QED) is 0.631. The molecular weight excluding hydrogens is 330 g/mol. The number of hydrogen-bond donors (Lipinski definition) is 2. The van der Waals surface area contributed by atoms with E-state index in [1.165, 1.54) is 12.1 Å². The van der Waals surface area contributed by atoms with Crippen molar-refractivity contribution in [1.82, 2.24) is 5.32 Å². The van der Waals surface area contributed by atoms with Crippen molar-refractivity contribution in [3.8, 4) is 0 Å². The molecule has 0 radical (unpaired) electrons. The molecule has 1 unspecified atom stereocenters. The molecule has 0 spiro atoms. The van der Waals surface area contributed by atoms with E-state index in [0.29, 0.717) is 0 Å². The molecule has 1 rings (SSSR count). The number of aliphatic hydroxyl groups is 1. The van der Waals surface area contributed by atoms with Crippen molar-refractivity contribution in [2.45, 2.75) is 12.5 Å². The molecule has 0 aliphatic carbocycles. The molecule has 104 valence electrons. The monoisotopic (exact) mass is 338 g/mol. The van der Waals surface area contributed by atoms with Crippen LogP contribution >= 0.6 is 15.9 Å². The summed E-state index contributed by atoms with van der Waals surface area (Å²) in [5.74, 6) is -0.796. The second-order valence-electron chi connectivity index (χ2n) is 3.53. The molecule has 0 aliphatic rings. The summed E-state index contributed by atoms with van der Waals surface area (Å²) in [4.78, 5) is 21.5. The van der Waals surface area contributed by atoms with E-state index in [4.69, 9.17) is 5.11 Å². The first-order valence-corrected chi connectivity index (χ1v) is 5.80. The van der Waals surface area contributed by atoms with Crippen molar-refractivity contribution >= 4 is 27.5 Å². The van der Waals surface area contributed by atoms with Crippen LogP contribution in [0.1, 0.15) is 10.4 Å². The number of nitrogens with zero attached hydrogens (tertiary/aromatic N) is 1. The molecule has 6 nitrogen and oxygen atoms in total. The third kappa shape index (κ3) is 4.21. The maximum atomic E-state index is 12.0. The lowest BCUT2D eigenvalue weighted by molar-refractivity contribution is -0.384. The second-order valence-corrected chi connectivity index (χ2v) is 4.39. The highest BCUT2D eigenvalue weighted by Gasteiger charge is 2.20. The van der Waals surface area contributed by atoms with Gasteiger partial charge in [0, 0.05) is 23.2 Å². The number of carbonyl (C=O) groups excluding carboxylic acids is 1. The number of benzene rings is 1. The lowest BCUT2D eigenvalue weighted by atomic mass is 10.2. The first-order valence-electron chi connectivity index (χ1n) is 5.01. The first-order chi connectivity index (χ1) is 8.82. The van der Waals surface area contributed by atoms with Gasteiger partial charge in [-0.1, -0.05) is 0 Å². The van der Waals surface area contributed by atoms with Crippen LogP contribution in [0.4, 0.5) is 14.5 Å². The van der Waals surface area contributed by atoms with E-state index in [2.05, 4.69) is 21.2 Å². The Kier molecular flexibility index (Phi) is 5.31. The van der Waals surface area contributed by atoms with Crippen LogP contribution in [-0.4, -0.2) is 35.0 Å². The Morgan fingerprint density at radius 2 is 2.16 bits per heavy atom. The topological polar surface area (TPSA) is 92.5 Å². The molecule has 0 bridgehead atoms. The molecule has 1 amide bonds. The maximum absolute atomic E-state index is 12.0. The zero-order valence-corrected chi connectivity index (χ0v) is 10.9. The SMILES string of the molecule is O=C(NCC(O)C(F)F)c1cc([N+](=O)[O-])ccc1Br. The van der Waals surface area contributed by atoms with Gasteiger partial charge < -0.3 is 10.4 Å². The number of carbonyl (C=O) groups is 1. The smallest absolute Gasteiger partial charge is 0.270 e. The van der Waals surface area contributed by atoms with Crippen molar-refractivity contribution in [2.75, 3.05) is 6.54 Å². The number of rotatable bonds is 5. The molecule has 0 aromatic heterocycles. The summed E-state index contributed by atoms with van der Waals surface area (Å²) < 4.78 is 24.3. The first kappa shape index (κ1) is 15.4. The van der Waals surface area contributed by atoms with Crippen LogP contribution in [0.2, 0.25) is 0 Å². The maximum Gasteiger partial charge on any atom is 0.270 e. The minimum absolute atomic E-state index is 0.0735. The van der Waals surface area contributed by atoms with Gasteiger partial charge in [-0.3, -0.25) is 14.9 Å². The molecule has 0 saturated heterocycles. The van der Waals surface area contributed by atoms with E-state index in [1.54, 1.807) is 0 Å². The van der Waals surface area contributed by atoms with Crippen molar-refractivity contribution < 1.29 is 23.6 Å². The Hall–Kier alpha value is -1.61. The molecule has 1 atom stereocenters. The zero-order chi connectivity index (χ0) is 14.6. The fourth-order valence-electron chi connectivity index (χ4n) is 1.18. The van der Waals surface area contributed by atoms with Gasteiger partial charge in [0.25, 0.3) is 18.0 Å². The number of nitro groups is 1. The molecule has 19 heavy (non-hydrogen) atoms. The second kappa shape index (κ2) is 6.53. The van der Waals surface area contributed by atoms with Crippen LogP contribution in [-0.2, 0) is 0 Å². The zero-order valence-electron chi connectivity index (χ0n) is 9.35. The number of aliphatic hydroxyl groups excluding tert-OH is 1. The molecule has 9 heteroatoms. The average molecular weight is 339 g/mol. The Morgan fingerprint density at radius 1 is 1.53 bits per heavy atom. The Balaban J connectivity index is 2.82. The molecule has 0 fully saturated rings. The third-order valence-corrected chi connectivity index (χ3v) is 2.86. The van der Waals surface area contributed by atoms with Gasteiger partial charge in [-0.05, 0) is 22.0 Å². The molecule has 1 aromatic rings. The summed E-state index contributed by atoms with van der Waals surface area (Å²) in [6.45, 7) is -0.647. The third-order valence-electron chi connectivity index (χ3n) is 2.17. The van der Waals surface area contributed by atoms with Gasteiger partial charge in [0.1, 0.15) is 6.10 Å². The highest BCUT2D eigenvalue weighted by molar-refractivity contribution is 9.10. The fourth-order valence-corrected chi connectivity index (χ4v) is 1.61. The van der Waals surface area contributed by atoms with Crippen LogP contribution in [0.15, 0.2) is 22.7 Å². The number of alkyl halides is 2. The van der Waals surface area contributed by atoms with Gasteiger partial charge in [-0.15, -0.1) is 0 Å². The van der Waals surface area contributed by atoms with Crippen molar-refractivity contribution in [2.24, 2.45) is 0 Å². The van der Waals surface area contributed by atoms with E-state index in [-0.39, 0.29) is 15.7 Å². The van der Waals surface area contributed by atoms with Crippen molar-refractivity contribution in [3.05, 3.63) is 38.3 Å². The minimum atomic E-state index is -2.98. The number of amides is 1. The predicted molar refractivity (Wildman–Crippen MR) is 65.1 cm³/mol. The normalized spacial score (nSPS) is 12.3. The summed E-state index contributed by atoms with van der Waals surface area (Å²) in [6.07, 6.45) is -4.96. The molecule has 2 N–H and O–H groups in total. The summed E-state index contributed by atoms with van der Waals surface area (Å²) >= 11 is 3.02. The summed E-state index contributed by atoms with van der Waals surface area (Å²) in [5.41, 5.74) is -0.376. The number of non-ortho nitro benzene ring substituents is 1. The van der Waals surface area contributed by atoms with E-state index in [1.807, 2.05) is 0 Å². The van der Waals surface area contributed by atoms with E-state index in [0.717, 1.165) is 6.07 Å². The van der Waals surface area contributed by atoms with Crippen LogP contribution in [0.5, 0.6) is 0 Å². The summed E-state index contributed by atoms with van der Waals surface area (Å²) in [6, 6.07) is 3.50. The van der Waals surface area contributed by atoms with Crippen LogP contribution in [0.3, 0.4) is 0 Å². The highest BCUT2D eigenvalue weighted by atomic mass is 79.9. The van der Waals surface area contributed by atoms with Gasteiger partial charge in [0.2, 0.25) is 0 Å². The number of hydrogen-bond acceptors (Lipinski definition) is 4. The largest absolute Gasteiger partial charge is 0.385 e.